The molecule has 108 valence electrons. The molecule has 0 atom stereocenters. The SMILES string of the molecule is Cc1cc(F)cnc1C(=O)N1CCOC2(CCC2)CC1. The molecular weight excluding hydrogens is 259 g/mol. The lowest BCUT2D eigenvalue weighted by molar-refractivity contribution is -0.0929. The maximum absolute atomic E-state index is 13.1. The van der Waals surface area contributed by atoms with Crippen molar-refractivity contribution < 1.29 is 13.9 Å². The average molecular weight is 278 g/mol. The van der Waals surface area contributed by atoms with Gasteiger partial charge in [-0.15, -0.1) is 0 Å². The largest absolute Gasteiger partial charge is 0.373 e. The van der Waals surface area contributed by atoms with Gasteiger partial charge in [-0.25, -0.2) is 9.37 Å². The molecule has 1 amide bonds. The van der Waals surface area contributed by atoms with Crippen molar-refractivity contribution in [3.05, 3.63) is 29.3 Å². The second-order valence-electron chi connectivity index (χ2n) is 5.75. The Bertz CT molecular complexity index is 529. The van der Waals surface area contributed by atoms with E-state index in [1.807, 2.05) is 0 Å². The molecule has 1 spiro atoms. The van der Waals surface area contributed by atoms with Gasteiger partial charge in [-0.05, 0) is 44.2 Å². The average Bonchev–Trinajstić information content (AvgIpc) is 2.60. The Labute approximate surface area is 117 Å². The van der Waals surface area contributed by atoms with Crippen LogP contribution in [0.1, 0.15) is 41.7 Å². The van der Waals surface area contributed by atoms with Crippen LogP contribution in [0.4, 0.5) is 4.39 Å². The Balaban J connectivity index is 1.73. The smallest absolute Gasteiger partial charge is 0.272 e. The molecule has 2 aliphatic rings. The Morgan fingerprint density at radius 1 is 1.40 bits per heavy atom. The number of carbonyl (C=O) groups excluding carboxylic acids is 1. The molecule has 0 unspecified atom stereocenters. The predicted molar refractivity (Wildman–Crippen MR) is 72.0 cm³/mol. The van der Waals surface area contributed by atoms with E-state index in [-0.39, 0.29) is 11.5 Å². The summed E-state index contributed by atoms with van der Waals surface area (Å²) in [6.45, 7) is 3.56. The number of hydrogen-bond acceptors (Lipinski definition) is 3. The zero-order valence-electron chi connectivity index (χ0n) is 11.7. The first-order valence-electron chi connectivity index (χ1n) is 7.15. The van der Waals surface area contributed by atoms with Gasteiger partial charge >= 0.3 is 0 Å². The summed E-state index contributed by atoms with van der Waals surface area (Å²) in [5.41, 5.74) is 0.940. The van der Waals surface area contributed by atoms with Crippen LogP contribution in [0.15, 0.2) is 12.3 Å². The minimum absolute atomic E-state index is 0.0142. The predicted octanol–water partition coefficient (Wildman–Crippen LogP) is 2.31. The summed E-state index contributed by atoms with van der Waals surface area (Å²) in [6, 6.07) is 1.35. The zero-order valence-corrected chi connectivity index (χ0v) is 11.7. The molecule has 0 N–H and O–H groups in total. The molecule has 1 saturated heterocycles. The highest BCUT2D eigenvalue weighted by atomic mass is 19.1. The van der Waals surface area contributed by atoms with Gasteiger partial charge in [-0.3, -0.25) is 4.79 Å². The minimum Gasteiger partial charge on any atom is -0.373 e. The summed E-state index contributed by atoms with van der Waals surface area (Å²) >= 11 is 0. The Hall–Kier alpha value is -1.49. The van der Waals surface area contributed by atoms with E-state index in [0.29, 0.717) is 31.0 Å². The molecule has 3 rings (SSSR count). The van der Waals surface area contributed by atoms with Crippen LogP contribution in [0.3, 0.4) is 0 Å². The summed E-state index contributed by atoms with van der Waals surface area (Å²) in [5.74, 6) is -0.533. The van der Waals surface area contributed by atoms with Gasteiger partial charge in [0.2, 0.25) is 0 Å². The molecule has 4 nitrogen and oxygen atoms in total. The van der Waals surface area contributed by atoms with Crippen molar-refractivity contribution in [2.45, 2.75) is 38.2 Å². The summed E-state index contributed by atoms with van der Waals surface area (Å²) < 4.78 is 19.0. The van der Waals surface area contributed by atoms with E-state index < -0.39 is 5.82 Å². The number of aromatic nitrogens is 1. The number of hydrogen-bond donors (Lipinski definition) is 0. The van der Waals surface area contributed by atoms with Crippen molar-refractivity contribution in [1.82, 2.24) is 9.88 Å². The van der Waals surface area contributed by atoms with E-state index in [2.05, 4.69) is 4.98 Å². The molecule has 1 aromatic rings. The van der Waals surface area contributed by atoms with Crippen LogP contribution < -0.4 is 0 Å². The molecule has 1 saturated carbocycles. The van der Waals surface area contributed by atoms with Gasteiger partial charge in [0.25, 0.3) is 5.91 Å². The molecule has 5 heteroatoms. The molecule has 0 bridgehead atoms. The van der Waals surface area contributed by atoms with E-state index in [9.17, 15) is 9.18 Å². The standard InChI is InChI=1S/C15H19FN2O2/c1-11-9-12(16)10-17-13(11)14(19)18-6-5-15(3-2-4-15)20-8-7-18/h9-10H,2-8H2,1H3. The van der Waals surface area contributed by atoms with Crippen molar-refractivity contribution in [3.63, 3.8) is 0 Å². The lowest BCUT2D eigenvalue weighted by Crippen LogP contribution is -2.40. The number of nitrogens with zero attached hydrogens (tertiary/aromatic N) is 2. The van der Waals surface area contributed by atoms with Crippen LogP contribution in [-0.2, 0) is 4.74 Å². The fourth-order valence-corrected chi connectivity index (χ4v) is 2.98. The summed E-state index contributed by atoms with van der Waals surface area (Å²) in [7, 11) is 0. The van der Waals surface area contributed by atoms with Gasteiger partial charge in [-0.1, -0.05) is 0 Å². The number of pyridine rings is 1. The van der Waals surface area contributed by atoms with Crippen molar-refractivity contribution in [3.8, 4) is 0 Å². The van der Waals surface area contributed by atoms with Crippen LogP contribution in [-0.4, -0.2) is 41.1 Å². The summed E-state index contributed by atoms with van der Waals surface area (Å²) in [6.07, 6.45) is 5.40. The topological polar surface area (TPSA) is 42.4 Å². The molecular formula is C15H19FN2O2. The number of ether oxygens (including phenoxy) is 1. The van der Waals surface area contributed by atoms with Crippen molar-refractivity contribution in [1.29, 1.82) is 0 Å². The monoisotopic (exact) mass is 278 g/mol. The number of halogens is 1. The highest BCUT2D eigenvalue weighted by Gasteiger charge is 2.40. The molecule has 0 aromatic carbocycles. The maximum Gasteiger partial charge on any atom is 0.272 e. The van der Waals surface area contributed by atoms with Gasteiger partial charge in [0.15, 0.2) is 0 Å². The molecule has 1 aliphatic carbocycles. The van der Waals surface area contributed by atoms with Gasteiger partial charge in [-0.2, -0.15) is 0 Å². The Kier molecular flexibility index (Phi) is 3.46. The first-order chi connectivity index (χ1) is 9.60. The number of carbonyl (C=O) groups is 1. The zero-order chi connectivity index (χ0) is 14.2. The lowest BCUT2D eigenvalue weighted by Gasteiger charge is -2.40. The molecule has 2 fully saturated rings. The van der Waals surface area contributed by atoms with E-state index in [4.69, 9.17) is 4.74 Å². The fraction of sp³-hybridized carbons (Fsp3) is 0.600. The highest BCUT2D eigenvalue weighted by molar-refractivity contribution is 5.93. The molecule has 2 heterocycles. The van der Waals surface area contributed by atoms with Crippen LogP contribution in [0.2, 0.25) is 0 Å². The van der Waals surface area contributed by atoms with Gasteiger partial charge < -0.3 is 9.64 Å². The third-order valence-corrected chi connectivity index (χ3v) is 4.41. The Morgan fingerprint density at radius 3 is 2.85 bits per heavy atom. The first-order valence-corrected chi connectivity index (χ1v) is 7.15. The second kappa shape index (κ2) is 5.13. The number of rotatable bonds is 1. The molecule has 1 aromatic heterocycles. The minimum atomic E-state index is -0.410. The Morgan fingerprint density at radius 2 is 2.20 bits per heavy atom. The number of amides is 1. The van der Waals surface area contributed by atoms with E-state index in [1.54, 1.807) is 11.8 Å². The third kappa shape index (κ3) is 2.42. The number of aryl methyl sites for hydroxylation is 1. The van der Waals surface area contributed by atoms with E-state index >= 15 is 0 Å². The quantitative estimate of drug-likeness (QED) is 0.791. The summed E-state index contributed by atoms with van der Waals surface area (Å²) in [4.78, 5) is 18.2. The second-order valence-corrected chi connectivity index (χ2v) is 5.75. The lowest BCUT2D eigenvalue weighted by atomic mass is 9.77. The summed E-state index contributed by atoms with van der Waals surface area (Å²) in [5, 5.41) is 0. The fourth-order valence-electron chi connectivity index (χ4n) is 2.98. The van der Waals surface area contributed by atoms with Gasteiger partial charge in [0.1, 0.15) is 11.5 Å². The van der Waals surface area contributed by atoms with Crippen molar-refractivity contribution in [2.24, 2.45) is 0 Å². The first kappa shape index (κ1) is 13.5. The molecule has 20 heavy (non-hydrogen) atoms. The van der Waals surface area contributed by atoms with Crippen molar-refractivity contribution >= 4 is 5.91 Å². The van der Waals surface area contributed by atoms with Crippen LogP contribution >= 0.6 is 0 Å². The van der Waals surface area contributed by atoms with Crippen LogP contribution in [0.25, 0.3) is 0 Å². The maximum atomic E-state index is 13.1. The highest BCUT2D eigenvalue weighted by Crippen LogP contribution is 2.39. The molecule has 1 aliphatic heterocycles. The van der Waals surface area contributed by atoms with Gasteiger partial charge in [0.05, 0.1) is 18.4 Å². The third-order valence-electron chi connectivity index (χ3n) is 4.41. The van der Waals surface area contributed by atoms with Crippen molar-refractivity contribution in [2.75, 3.05) is 19.7 Å². The van der Waals surface area contributed by atoms with Gasteiger partial charge in [0, 0.05) is 13.1 Å². The normalized spacial score (nSPS) is 21.4. The molecule has 0 radical (unpaired) electrons. The van der Waals surface area contributed by atoms with Crippen LogP contribution in [0, 0.1) is 12.7 Å². The van der Waals surface area contributed by atoms with E-state index in [0.717, 1.165) is 25.5 Å². The van der Waals surface area contributed by atoms with E-state index in [1.165, 1.54) is 12.5 Å². The van der Waals surface area contributed by atoms with Crippen LogP contribution in [0.5, 0.6) is 0 Å².